The molecule has 0 N–H and O–H groups in total. The zero-order valence-corrected chi connectivity index (χ0v) is 11.6. The molecule has 0 aromatic heterocycles. The fraction of sp³-hybridized carbons (Fsp3) is 1.00. The van der Waals surface area contributed by atoms with Gasteiger partial charge in [0.2, 0.25) is 0 Å². The van der Waals surface area contributed by atoms with Crippen molar-refractivity contribution < 1.29 is 9.47 Å². The summed E-state index contributed by atoms with van der Waals surface area (Å²) in [7, 11) is 0. The first-order valence-electron chi connectivity index (χ1n) is 7.63. The van der Waals surface area contributed by atoms with Gasteiger partial charge in [-0.15, -0.1) is 0 Å². The summed E-state index contributed by atoms with van der Waals surface area (Å²) in [5, 5.41) is 0. The van der Waals surface area contributed by atoms with Crippen LogP contribution in [0.1, 0.15) is 71.1 Å². The number of rotatable bonds is 9. The van der Waals surface area contributed by atoms with Crippen molar-refractivity contribution in [3.05, 3.63) is 0 Å². The van der Waals surface area contributed by atoms with Gasteiger partial charge in [0, 0.05) is 13.2 Å². The maximum Gasteiger partial charge on any atom is 0.0808 e. The van der Waals surface area contributed by atoms with E-state index in [4.69, 9.17) is 9.47 Å². The fourth-order valence-electron chi connectivity index (χ4n) is 2.31. The summed E-state index contributed by atoms with van der Waals surface area (Å²) in [5.74, 6) is 0. The zero-order valence-electron chi connectivity index (χ0n) is 11.6. The predicted molar refractivity (Wildman–Crippen MR) is 72.4 cm³/mol. The largest absolute Gasteiger partial charge is 0.379 e. The molecule has 0 radical (unpaired) electrons. The summed E-state index contributed by atoms with van der Waals surface area (Å²) < 4.78 is 11.4. The Morgan fingerprint density at radius 1 is 1.00 bits per heavy atom. The van der Waals surface area contributed by atoms with Crippen LogP contribution in [-0.4, -0.2) is 25.9 Å². The Morgan fingerprint density at radius 2 is 1.82 bits per heavy atom. The SMILES string of the molecule is CCCCCCCCOCC1CCCCCO1. The molecule has 0 bridgehead atoms. The summed E-state index contributed by atoms with van der Waals surface area (Å²) >= 11 is 0. The number of ether oxygens (including phenoxy) is 2. The second-order valence-corrected chi connectivity index (χ2v) is 5.18. The summed E-state index contributed by atoms with van der Waals surface area (Å²) in [5.41, 5.74) is 0. The van der Waals surface area contributed by atoms with Crippen molar-refractivity contribution in [2.24, 2.45) is 0 Å². The van der Waals surface area contributed by atoms with Crippen LogP contribution in [0.3, 0.4) is 0 Å². The van der Waals surface area contributed by atoms with Gasteiger partial charge < -0.3 is 9.47 Å². The monoisotopic (exact) mass is 242 g/mol. The van der Waals surface area contributed by atoms with E-state index in [9.17, 15) is 0 Å². The van der Waals surface area contributed by atoms with E-state index in [-0.39, 0.29) is 0 Å². The minimum Gasteiger partial charge on any atom is -0.379 e. The van der Waals surface area contributed by atoms with E-state index in [2.05, 4.69) is 6.92 Å². The second kappa shape index (κ2) is 11.0. The molecule has 1 heterocycles. The minimum absolute atomic E-state index is 0.373. The van der Waals surface area contributed by atoms with E-state index in [1.807, 2.05) is 0 Å². The Labute approximate surface area is 107 Å². The lowest BCUT2D eigenvalue weighted by Gasteiger charge is -2.14. The van der Waals surface area contributed by atoms with Gasteiger partial charge in [-0.05, 0) is 19.3 Å². The van der Waals surface area contributed by atoms with Crippen molar-refractivity contribution >= 4 is 0 Å². The summed E-state index contributed by atoms with van der Waals surface area (Å²) in [6.07, 6.45) is 13.5. The van der Waals surface area contributed by atoms with Gasteiger partial charge >= 0.3 is 0 Å². The van der Waals surface area contributed by atoms with Crippen molar-refractivity contribution in [2.75, 3.05) is 19.8 Å². The average molecular weight is 242 g/mol. The topological polar surface area (TPSA) is 18.5 Å². The molecule has 0 aliphatic carbocycles. The Morgan fingerprint density at radius 3 is 2.71 bits per heavy atom. The molecule has 0 spiro atoms. The number of unbranched alkanes of at least 4 members (excludes halogenated alkanes) is 5. The third-order valence-corrected chi connectivity index (χ3v) is 3.47. The van der Waals surface area contributed by atoms with Gasteiger partial charge in [0.25, 0.3) is 0 Å². The molecule has 1 aliphatic heterocycles. The van der Waals surface area contributed by atoms with E-state index >= 15 is 0 Å². The van der Waals surface area contributed by atoms with Crippen LogP contribution in [0, 0.1) is 0 Å². The minimum atomic E-state index is 0.373. The van der Waals surface area contributed by atoms with Crippen LogP contribution < -0.4 is 0 Å². The average Bonchev–Trinajstić information content (AvgIpc) is 2.61. The molecule has 102 valence electrons. The molecule has 1 aliphatic rings. The molecule has 0 aromatic rings. The maximum atomic E-state index is 5.74. The summed E-state index contributed by atoms with van der Waals surface area (Å²) in [4.78, 5) is 0. The lowest BCUT2D eigenvalue weighted by atomic mass is 10.1. The Hall–Kier alpha value is -0.0800. The first-order chi connectivity index (χ1) is 8.43. The highest BCUT2D eigenvalue weighted by molar-refractivity contribution is 4.61. The quantitative estimate of drug-likeness (QED) is 0.560. The van der Waals surface area contributed by atoms with Crippen LogP contribution in [0.15, 0.2) is 0 Å². The molecule has 1 rings (SSSR count). The third kappa shape index (κ3) is 8.62. The normalized spacial score (nSPS) is 21.4. The van der Waals surface area contributed by atoms with Crippen LogP contribution in [0.2, 0.25) is 0 Å². The first kappa shape index (κ1) is 15.0. The van der Waals surface area contributed by atoms with Gasteiger partial charge in [-0.1, -0.05) is 51.9 Å². The predicted octanol–water partition coefficient (Wildman–Crippen LogP) is 4.32. The van der Waals surface area contributed by atoms with Crippen molar-refractivity contribution in [3.8, 4) is 0 Å². The highest BCUT2D eigenvalue weighted by Crippen LogP contribution is 2.13. The molecule has 1 saturated heterocycles. The fourth-order valence-corrected chi connectivity index (χ4v) is 2.31. The van der Waals surface area contributed by atoms with E-state index in [0.29, 0.717) is 6.10 Å². The first-order valence-corrected chi connectivity index (χ1v) is 7.63. The molecule has 1 unspecified atom stereocenters. The molecular formula is C15H30O2. The van der Waals surface area contributed by atoms with Crippen LogP contribution in [0.5, 0.6) is 0 Å². The van der Waals surface area contributed by atoms with Crippen molar-refractivity contribution in [2.45, 2.75) is 77.2 Å². The third-order valence-electron chi connectivity index (χ3n) is 3.47. The van der Waals surface area contributed by atoms with E-state index in [0.717, 1.165) is 19.8 Å². The van der Waals surface area contributed by atoms with Crippen molar-refractivity contribution in [1.29, 1.82) is 0 Å². The van der Waals surface area contributed by atoms with Gasteiger partial charge in [0.1, 0.15) is 0 Å². The standard InChI is InChI=1S/C15H30O2/c1-2-3-4-5-6-9-12-16-14-15-11-8-7-10-13-17-15/h15H,2-14H2,1H3. The molecule has 1 fully saturated rings. The Kier molecular flexibility index (Phi) is 9.72. The molecule has 2 heteroatoms. The van der Waals surface area contributed by atoms with Crippen LogP contribution in [0.25, 0.3) is 0 Å². The lowest BCUT2D eigenvalue weighted by Crippen LogP contribution is -2.19. The number of hydrogen-bond acceptors (Lipinski definition) is 2. The van der Waals surface area contributed by atoms with Gasteiger partial charge in [0.05, 0.1) is 12.7 Å². The van der Waals surface area contributed by atoms with E-state index in [1.54, 1.807) is 0 Å². The molecule has 0 aromatic carbocycles. The van der Waals surface area contributed by atoms with Gasteiger partial charge in [0.15, 0.2) is 0 Å². The van der Waals surface area contributed by atoms with Crippen molar-refractivity contribution in [1.82, 2.24) is 0 Å². The highest BCUT2D eigenvalue weighted by Gasteiger charge is 2.12. The maximum absolute atomic E-state index is 5.74. The van der Waals surface area contributed by atoms with Crippen LogP contribution >= 0.6 is 0 Å². The zero-order chi connectivity index (χ0) is 12.2. The van der Waals surface area contributed by atoms with Crippen molar-refractivity contribution in [3.63, 3.8) is 0 Å². The molecule has 0 amide bonds. The van der Waals surface area contributed by atoms with Gasteiger partial charge in [-0.25, -0.2) is 0 Å². The van der Waals surface area contributed by atoms with Crippen LogP contribution in [-0.2, 0) is 9.47 Å². The molecule has 2 nitrogen and oxygen atoms in total. The lowest BCUT2D eigenvalue weighted by molar-refractivity contribution is -0.0142. The molecule has 17 heavy (non-hydrogen) atoms. The van der Waals surface area contributed by atoms with E-state index < -0.39 is 0 Å². The van der Waals surface area contributed by atoms with Gasteiger partial charge in [-0.3, -0.25) is 0 Å². The Balaban J connectivity index is 1.82. The molecule has 1 atom stereocenters. The molecular weight excluding hydrogens is 212 g/mol. The van der Waals surface area contributed by atoms with Gasteiger partial charge in [-0.2, -0.15) is 0 Å². The smallest absolute Gasteiger partial charge is 0.0808 e. The highest BCUT2D eigenvalue weighted by atomic mass is 16.5. The summed E-state index contributed by atoms with van der Waals surface area (Å²) in [6, 6.07) is 0. The molecule has 0 saturated carbocycles. The summed E-state index contributed by atoms with van der Waals surface area (Å²) in [6.45, 7) is 4.93. The Bertz CT molecular complexity index is 151. The van der Waals surface area contributed by atoms with E-state index in [1.165, 1.54) is 64.2 Å². The second-order valence-electron chi connectivity index (χ2n) is 5.18. The van der Waals surface area contributed by atoms with Crippen LogP contribution in [0.4, 0.5) is 0 Å². The number of hydrogen-bond donors (Lipinski definition) is 0.